The van der Waals surface area contributed by atoms with Crippen molar-refractivity contribution in [1.82, 2.24) is 10.6 Å². The Bertz CT molecular complexity index is 437. The Morgan fingerprint density at radius 2 is 2.29 bits per heavy atom. The SMILES string of the molecule is Cc1cc(C(=O)NC2(C)CCNC2)ccc1O. The van der Waals surface area contributed by atoms with E-state index in [9.17, 15) is 9.90 Å². The van der Waals surface area contributed by atoms with Crippen molar-refractivity contribution >= 4 is 5.91 Å². The summed E-state index contributed by atoms with van der Waals surface area (Å²) in [5.74, 6) is 0.134. The van der Waals surface area contributed by atoms with Gasteiger partial charge in [0.1, 0.15) is 5.75 Å². The molecule has 1 aliphatic rings. The van der Waals surface area contributed by atoms with Gasteiger partial charge in [-0.2, -0.15) is 0 Å². The lowest BCUT2D eigenvalue weighted by molar-refractivity contribution is 0.0913. The fourth-order valence-corrected chi connectivity index (χ4v) is 2.07. The van der Waals surface area contributed by atoms with Gasteiger partial charge in [0.15, 0.2) is 0 Å². The summed E-state index contributed by atoms with van der Waals surface area (Å²) >= 11 is 0. The molecule has 3 N–H and O–H groups in total. The number of benzene rings is 1. The lowest BCUT2D eigenvalue weighted by Crippen LogP contribution is -2.47. The van der Waals surface area contributed by atoms with Crippen LogP contribution in [0, 0.1) is 6.92 Å². The number of nitrogens with one attached hydrogen (secondary N) is 2. The second kappa shape index (κ2) is 4.37. The topological polar surface area (TPSA) is 61.4 Å². The molecule has 1 fully saturated rings. The molecule has 0 aliphatic carbocycles. The van der Waals surface area contributed by atoms with Crippen molar-refractivity contribution in [2.75, 3.05) is 13.1 Å². The summed E-state index contributed by atoms with van der Waals surface area (Å²) in [5, 5.41) is 15.7. The number of aromatic hydroxyl groups is 1. The first-order chi connectivity index (χ1) is 8.00. The summed E-state index contributed by atoms with van der Waals surface area (Å²) in [5.41, 5.74) is 1.14. The molecule has 2 rings (SSSR count). The molecule has 1 aromatic carbocycles. The van der Waals surface area contributed by atoms with E-state index in [4.69, 9.17) is 0 Å². The third-order valence-electron chi connectivity index (χ3n) is 3.24. The van der Waals surface area contributed by atoms with Crippen molar-refractivity contribution in [1.29, 1.82) is 0 Å². The third kappa shape index (κ3) is 2.58. The molecule has 0 bridgehead atoms. The first kappa shape index (κ1) is 11.9. The second-order valence-electron chi connectivity index (χ2n) is 4.94. The molecule has 1 aliphatic heterocycles. The molecule has 1 saturated heterocycles. The van der Waals surface area contributed by atoms with E-state index in [1.165, 1.54) is 0 Å². The van der Waals surface area contributed by atoms with Crippen LogP contribution in [0.3, 0.4) is 0 Å². The first-order valence-corrected chi connectivity index (χ1v) is 5.83. The van der Waals surface area contributed by atoms with Crippen LogP contribution in [0.5, 0.6) is 5.75 Å². The van der Waals surface area contributed by atoms with Crippen molar-refractivity contribution in [2.45, 2.75) is 25.8 Å². The van der Waals surface area contributed by atoms with Crippen LogP contribution < -0.4 is 10.6 Å². The Labute approximate surface area is 101 Å². The zero-order chi connectivity index (χ0) is 12.5. The Kier molecular flexibility index (Phi) is 3.07. The lowest BCUT2D eigenvalue weighted by Gasteiger charge is -2.24. The number of amides is 1. The lowest BCUT2D eigenvalue weighted by atomic mass is 10.0. The maximum absolute atomic E-state index is 12.0. The van der Waals surface area contributed by atoms with Gasteiger partial charge in [-0.05, 0) is 50.6 Å². The molecular formula is C13H18N2O2. The molecular weight excluding hydrogens is 216 g/mol. The largest absolute Gasteiger partial charge is 0.508 e. The van der Waals surface area contributed by atoms with Gasteiger partial charge in [-0.3, -0.25) is 4.79 Å². The average Bonchev–Trinajstić information content (AvgIpc) is 2.69. The predicted octanol–water partition coefficient (Wildman–Crippen LogP) is 1.18. The van der Waals surface area contributed by atoms with E-state index < -0.39 is 0 Å². The molecule has 4 heteroatoms. The van der Waals surface area contributed by atoms with Gasteiger partial charge in [-0.15, -0.1) is 0 Å². The molecule has 17 heavy (non-hydrogen) atoms. The van der Waals surface area contributed by atoms with Crippen LogP contribution >= 0.6 is 0 Å². The number of aryl methyl sites for hydroxylation is 1. The molecule has 0 saturated carbocycles. The number of carbonyl (C=O) groups is 1. The van der Waals surface area contributed by atoms with Gasteiger partial charge in [0, 0.05) is 12.1 Å². The second-order valence-corrected chi connectivity index (χ2v) is 4.94. The summed E-state index contributed by atoms with van der Waals surface area (Å²) in [6, 6.07) is 4.90. The van der Waals surface area contributed by atoms with E-state index in [0.29, 0.717) is 11.1 Å². The molecule has 0 radical (unpaired) electrons. The predicted molar refractivity (Wildman–Crippen MR) is 66.2 cm³/mol. The van der Waals surface area contributed by atoms with E-state index in [1.54, 1.807) is 25.1 Å². The minimum atomic E-state index is -0.164. The minimum Gasteiger partial charge on any atom is -0.508 e. The van der Waals surface area contributed by atoms with Gasteiger partial charge >= 0.3 is 0 Å². The summed E-state index contributed by atoms with van der Waals surface area (Å²) in [7, 11) is 0. The van der Waals surface area contributed by atoms with E-state index in [0.717, 1.165) is 19.5 Å². The van der Waals surface area contributed by atoms with Crippen LogP contribution in [0.25, 0.3) is 0 Å². The van der Waals surface area contributed by atoms with Gasteiger partial charge < -0.3 is 15.7 Å². The van der Waals surface area contributed by atoms with Gasteiger partial charge in [0.2, 0.25) is 0 Å². The van der Waals surface area contributed by atoms with E-state index >= 15 is 0 Å². The van der Waals surface area contributed by atoms with Crippen LogP contribution in [0.2, 0.25) is 0 Å². The van der Waals surface area contributed by atoms with Gasteiger partial charge in [0.05, 0.1) is 5.54 Å². The summed E-state index contributed by atoms with van der Waals surface area (Å²) in [6.07, 6.45) is 0.940. The van der Waals surface area contributed by atoms with Crippen molar-refractivity contribution in [3.8, 4) is 5.75 Å². The molecule has 1 unspecified atom stereocenters. The Balaban J connectivity index is 2.11. The van der Waals surface area contributed by atoms with Crippen molar-refractivity contribution in [3.05, 3.63) is 29.3 Å². The first-order valence-electron chi connectivity index (χ1n) is 5.83. The van der Waals surface area contributed by atoms with Gasteiger partial charge in [-0.1, -0.05) is 0 Å². The summed E-state index contributed by atoms with van der Waals surface area (Å²) < 4.78 is 0. The zero-order valence-corrected chi connectivity index (χ0v) is 10.2. The molecule has 1 atom stereocenters. The number of phenols is 1. The molecule has 0 spiro atoms. The fourth-order valence-electron chi connectivity index (χ4n) is 2.07. The number of carbonyl (C=O) groups excluding carboxylic acids is 1. The monoisotopic (exact) mass is 234 g/mol. The van der Waals surface area contributed by atoms with Crippen molar-refractivity contribution in [3.63, 3.8) is 0 Å². The smallest absolute Gasteiger partial charge is 0.251 e. The maximum Gasteiger partial charge on any atom is 0.251 e. The summed E-state index contributed by atoms with van der Waals surface area (Å²) in [4.78, 5) is 12.0. The van der Waals surface area contributed by atoms with Crippen LogP contribution in [-0.4, -0.2) is 29.6 Å². The highest BCUT2D eigenvalue weighted by Gasteiger charge is 2.30. The molecule has 0 aromatic heterocycles. The normalized spacial score (nSPS) is 23.6. The highest BCUT2D eigenvalue weighted by Crippen LogP contribution is 2.19. The van der Waals surface area contributed by atoms with Crippen LogP contribution in [0.4, 0.5) is 0 Å². The standard InChI is InChI=1S/C13H18N2O2/c1-9-7-10(3-4-11(9)16)12(17)15-13(2)5-6-14-8-13/h3-4,7,14,16H,5-6,8H2,1-2H3,(H,15,17). The van der Waals surface area contributed by atoms with E-state index in [2.05, 4.69) is 10.6 Å². The molecule has 4 nitrogen and oxygen atoms in total. The van der Waals surface area contributed by atoms with Crippen molar-refractivity contribution in [2.24, 2.45) is 0 Å². The highest BCUT2D eigenvalue weighted by atomic mass is 16.3. The quantitative estimate of drug-likeness (QED) is 0.720. The van der Waals surface area contributed by atoms with E-state index in [1.807, 2.05) is 6.92 Å². The fraction of sp³-hybridized carbons (Fsp3) is 0.462. The highest BCUT2D eigenvalue weighted by molar-refractivity contribution is 5.95. The number of phenolic OH excluding ortho intramolecular Hbond substituents is 1. The van der Waals surface area contributed by atoms with Crippen LogP contribution in [-0.2, 0) is 0 Å². The molecule has 92 valence electrons. The zero-order valence-electron chi connectivity index (χ0n) is 10.2. The molecule has 1 heterocycles. The van der Waals surface area contributed by atoms with Crippen molar-refractivity contribution < 1.29 is 9.90 Å². The molecule has 1 amide bonds. The number of rotatable bonds is 2. The Morgan fingerprint density at radius 3 is 2.88 bits per heavy atom. The minimum absolute atomic E-state index is 0.0840. The summed E-state index contributed by atoms with van der Waals surface area (Å²) in [6.45, 7) is 5.56. The number of hydrogen-bond donors (Lipinski definition) is 3. The van der Waals surface area contributed by atoms with Gasteiger partial charge in [-0.25, -0.2) is 0 Å². The van der Waals surface area contributed by atoms with Gasteiger partial charge in [0.25, 0.3) is 5.91 Å². The Hall–Kier alpha value is -1.55. The molecule has 1 aromatic rings. The average molecular weight is 234 g/mol. The number of hydrogen-bond acceptors (Lipinski definition) is 3. The van der Waals surface area contributed by atoms with E-state index in [-0.39, 0.29) is 17.2 Å². The maximum atomic E-state index is 12.0. The Morgan fingerprint density at radius 1 is 1.53 bits per heavy atom. The third-order valence-corrected chi connectivity index (χ3v) is 3.24. The van der Waals surface area contributed by atoms with Crippen LogP contribution in [0.1, 0.15) is 29.3 Å². The van der Waals surface area contributed by atoms with Crippen LogP contribution in [0.15, 0.2) is 18.2 Å².